The molecule has 112 valence electrons. The summed E-state index contributed by atoms with van der Waals surface area (Å²) in [5.41, 5.74) is 2.87. The van der Waals surface area contributed by atoms with Crippen LogP contribution in [0.15, 0.2) is 9.85 Å². The Labute approximate surface area is 133 Å². The van der Waals surface area contributed by atoms with E-state index in [0.717, 1.165) is 14.8 Å². The summed E-state index contributed by atoms with van der Waals surface area (Å²) in [4.78, 5) is 24.8. The first-order valence-electron chi connectivity index (χ1n) is 5.90. The summed E-state index contributed by atoms with van der Waals surface area (Å²) in [6.07, 6.45) is 0. The molecule has 2 heterocycles. The first-order valence-corrected chi connectivity index (χ1v) is 8.58. The fourth-order valence-corrected chi connectivity index (χ4v) is 3.93. The van der Waals surface area contributed by atoms with Gasteiger partial charge in [-0.05, 0) is 19.4 Å². The van der Waals surface area contributed by atoms with Gasteiger partial charge in [0.15, 0.2) is 4.34 Å². The fourth-order valence-electron chi connectivity index (χ4n) is 1.58. The maximum Gasteiger partial charge on any atom is 0.341 e. The van der Waals surface area contributed by atoms with E-state index in [-0.39, 0.29) is 11.7 Å². The molecule has 1 amide bonds. The molecule has 6 nitrogen and oxygen atoms in total. The van der Waals surface area contributed by atoms with Gasteiger partial charge in [0.2, 0.25) is 5.91 Å². The molecule has 1 N–H and O–H groups in total. The van der Waals surface area contributed by atoms with Crippen LogP contribution in [0.3, 0.4) is 0 Å². The van der Waals surface area contributed by atoms with Crippen molar-refractivity contribution in [1.29, 1.82) is 0 Å². The first-order chi connectivity index (χ1) is 10.0. The highest BCUT2D eigenvalue weighted by Crippen LogP contribution is 2.33. The summed E-state index contributed by atoms with van der Waals surface area (Å²) >= 11 is 4.05. The number of ether oxygens (including phenoxy) is 1. The van der Waals surface area contributed by atoms with Crippen LogP contribution in [0.1, 0.15) is 20.8 Å². The Kier molecular flexibility index (Phi) is 5.32. The molecular formula is C12H13N3O3S3. The van der Waals surface area contributed by atoms with Gasteiger partial charge in [-0.15, -0.1) is 21.5 Å². The van der Waals surface area contributed by atoms with Gasteiger partial charge in [-0.25, -0.2) is 4.79 Å². The Bertz CT molecular complexity index is 652. The van der Waals surface area contributed by atoms with Gasteiger partial charge in [-0.1, -0.05) is 23.1 Å². The Morgan fingerprint density at radius 3 is 2.81 bits per heavy atom. The highest BCUT2D eigenvalue weighted by Gasteiger charge is 2.21. The molecular weight excluding hydrogens is 330 g/mol. The van der Waals surface area contributed by atoms with Crippen molar-refractivity contribution >= 4 is 51.3 Å². The topological polar surface area (TPSA) is 81.2 Å². The molecule has 0 saturated heterocycles. The molecule has 0 radical (unpaired) electrons. The number of thioether (sulfide) groups is 1. The second-order valence-corrected chi connectivity index (χ2v) is 7.30. The lowest BCUT2D eigenvalue weighted by molar-refractivity contribution is -0.113. The van der Waals surface area contributed by atoms with E-state index in [1.54, 1.807) is 5.51 Å². The minimum atomic E-state index is -0.441. The predicted octanol–water partition coefficient (Wildman–Crippen LogP) is 2.73. The van der Waals surface area contributed by atoms with Gasteiger partial charge in [0, 0.05) is 4.88 Å². The smallest absolute Gasteiger partial charge is 0.341 e. The number of thiophene rings is 1. The number of esters is 1. The Hall–Kier alpha value is -1.45. The van der Waals surface area contributed by atoms with Crippen LogP contribution < -0.4 is 5.32 Å². The number of nitrogens with zero attached hydrogens (tertiary/aromatic N) is 2. The van der Waals surface area contributed by atoms with Crippen LogP contribution in [0, 0.1) is 13.8 Å². The summed E-state index contributed by atoms with van der Waals surface area (Å²) in [7, 11) is 1.33. The van der Waals surface area contributed by atoms with Crippen molar-refractivity contribution in [3.05, 3.63) is 21.5 Å². The average molecular weight is 343 g/mol. The summed E-state index contributed by atoms with van der Waals surface area (Å²) in [6.45, 7) is 3.74. The molecule has 0 atom stereocenters. The molecule has 0 unspecified atom stereocenters. The quantitative estimate of drug-likeness (QED) is 0.664. The SMILES string of the molecule is COC(=O)c1c(NC(=O)CSc2nncs2)sc(C)c1C. The van der Waals surface area contributed by atoms with Gasteiger partial charge in [0.1, 0.15) is 10.5 Å². The van der Waals surface area contributed by atoms with E-state index >= 15 is 0 Å². The Morgan fingerprint density at radius 1 is 1.43 bits per heavy atom. The van der Waals surface area contributed by atoms with E-state index in [2.05, 4.69) is 15.5 Å². The minimum Gasteiger partial charge on any atom is -0.465 e. The molecule has 0 aromatic carbocycles. The monoisotopic (exact) mass is 343 g/mol. The van der Waals surface area contributed by atoms with E-state index in [1.807, 2.05) is 13.8 Å². The van der Waals surface area contributed by atoms with E-state index in [9.17, 15) is 9.59 Å². The molecule has 2 aromatic heterocycles. The molecule has 0 aliphatic heterocycles. The zero-order valence-electron chi connectivity index (χ0n) is 11.6. The predicted molar refractivity (Wildman–Crippen MR) is 84.4 cm³/mol. The molecule has 0 aliphatic rings. The number of aryl methyl sites for hydroxylation is 1. The van der Waals surface area contributed by atoms with Crippen LogP contribution in [-0.2, 0) is 9.53 Å². The fraction of sp³-hybridized carbons (Fsp3) is 0.333. The number of rotatable bonds is 5. The van der Waals surface area contributed by atoms with Gasteiger partial charge in [-0.3, -0.25) is 4.79 Å². The molecule has 9 heteroatoms. The zero-order chi connectivity index (χ0) is 15.4. The third kappa shape index (κ3) is 3.80. The normalized spacial score (nSPS) is 10.4. The molecule has 0 fully saturated rings. The largest absolute Gasteiger partial charge is 0.465 e. The van der Waals surface area contributed by atoms with Crippen molar-refractivity contribution in [2.75, 3.05) is 18.2 Å². The number of carbonyl (C=O) groups is 2. The van der Waals surface area contributed by atoms with Crippen LogP contribution in [0.25, 0.3) is 0 Å². The van der Waals surface area contributed by atoms with Crippen molar-refractivity contribution in [3.8, 4) is 0 Å². The summed E-state index contributed by atoms with van der Waals surface area (Å²) in [5, 5.41) is 10.8. The van der Waals surface area contributed by atoms with Crippen molar-refractivity contribution in [1.82, 2.24) is 10.2 Å². The van der Waals surface area contributed by atoms with E-state index < -0.39 is 5.97 Å². The van der Waals surface area contributed by atoms with E-state index in [0.29, 0.717) is 10.6 Å². The third-order valence-electron chi connectivity index (χ3n) is 2.69. The summed E-state index contributed by atoms with van der Waals surface area (Å²) in [5.74, 6) is -0.420. The number of carbonyl (C=O) groups excluding carboxylic acids is 2. The maximum absolute atomic E-state index is 12.0. The number of hydrogen-bond acceptors (Lipinski definition) is 8. The number of methoxy groups -OCH3 is 1. The highest BCUT2D eigenvalue weighted by molar-refractivity contribution is 8.01. The zero-order valence-corrected chi connectivity index (χ0v) is 14.1. The number of nitrogens with one attached hydrogen (secondary N) is 1. The van der Waals surface area contributed by atoms with Crippen LogP contribution in [0.4, 0.5) is 5.00 Å². The van der Waals surface area contributed by atoms with Gasteiger partial charge >= 0.3 is 5.97 Å². The first kappa shape index (κ1) is 15.9. The van der Waals surface area contributed by atoms with Crippen LogP contribution in [-0.4, -0.2) is 34.9 Å². The third-order valence-corrected chi connectivity index (χ3v) is 5.68. The maximum atomic E-state index is 12.0. The number of amides is 1. The Balaban J connectivity index is 2.06. The standard InChI is InChI=1S/C12H13N3O3S3/c1-6-7(2)21-10(9(6)11(17)18-3)14-8(16)4-19-12-15-13-5-20-12/h5H,4H2,1-3H3,(H,14,16). The van der Waals surface area contributed by atoms with Gasteiger partial charge in [0.05, 0.1) is 18.4 Å². The number of aromatic nitrogens is 2. The van der Waals surface area contributed by atoms with Gasteiger partial charge in [-0.2, -0.15) is 0 Å². The summed E-state index contributed by atoms with van der Waals surface area (Å²) in [6, 6.07) is 0. The highest BCUT2D eigenvalue weighted by atomic mass is 32.2. The Morgan fingerprint density at radius 2 is 2.19 bits per heavy atom. The number of hydrogen-bond donors (Lipinski definition) is 1. The van der Waals surface area contributed by atoms with E-state index in [4.69, 9.17) is 4.74 Å². The summed E-state index contributed by atoms with van der Waals surface area (Å²) < 4.78 is 5.50. The van der Waals surface area contributed by atoms with Gasteiger partial charge in [0.25, 0.3) is 0 Å². The minimum absolute atomic E-state index is 0.193. The molecule has 0 aliphatic carbocycles. The van der Waals surface area contributed by atoms with E-state index in [1.165, 1.54) is 41.5 Å². The van der Waals surface area contributed by atoms with Crippen molar-refractivity contribution in [2.45, 2.75) is 18.2 Å². The van der Waals surface area contributed by atoms with Gasteiger partial charge < -0.3 is 10.1 Å². The van der Waals surface area contributed by atoms with Crippen molar-refractivity contribution in [3.63, 3.8) is 0 Å². The second-order valence-electron chi connectivity index (χ2n) is 4.02. The van der Waals surface area contributed by atoms with Crippen LogP contribution >= 0.6 is 34.4 Å². The average Bonchev–Trinajstić information content (AvgIpc) is 3.06. The molecule has 0 saturated carbocycles. The molecule has 0 bridgehead atoms. The second kappa shape index (κ2) is 7.01. The number of anilines is 1. The van der Waals surface area contributed by atoms with Crippen LogP contribution in [0.5, 0.6) is 0 Å². The lowest BCUT2D eigenvalue weighted by Gasteiger charge is -2.05. The lowest BCUT2D eigenvalue weighted by Crippen LogP contribution is -2.16. The van der Waals surface area contributed by atoms with Crippen LogP contribution in [0.2, 0.25) is 0 Å². The lowest BCUT2D eigenvalue weighted by atomic mass is 10.1. The molecule has 2 rings (SSSR count). The van der Waals surface area contributed by atoms with Crippen molar-refractivity contribution in [2.24, 2.45) is 0 Å². The molecule has 0 spiro atoms. The van der Waals surface area contributed by atoms with Crippen molar-refractivity contribution < 1.29 is 14.3 Å². The molecule has 21 heavy (non-hydrogen) atoms. The molecule has 2 aromatic rings.